The van der Waals surface area contributed by atoms with Crippen LogP contribution in [0.15, 0.2) is 42.5 Å². The summed E-state index contributed by atoms with van der Waals surface area (Å²) >= 11 is 0. The van der Waals surface area contributed by atoms with Crippen molar-refractivity contribution in [2.45, 2.75) is 6.92 Å². The van der Waals surface area contributed by atoms with Gasteiger partial charge in [-0.1, -0.05) is 18.2 Å². The summed E-state index contributed by atoms with van der Waals surface area (Å²) in [7, 11) is 0. The first-order valence-electron chi connectivity index (χ1n) is 5.35. The zero-order valence-electron chi connectivity index (χ0n) is 9.82. The molecule has 0 amide bonds. The average Bonchev–Trinajstić information content (AvgIpc) is 2.34. The lowest BCUT2D eigenvalue weighted by atomic mass is 10.2. The van der Waals surface area contributed by atoms with Crippen molar-refractivity contribution in [3.63, 3.8) is 0 Å². The van der Waals surface area contributed by atoms with Crippen molar-refractivity contribution in [1.82, 2.24) is 0 Å². The van der Waals surface area contributed by atoms with E-state index in [0.29, 0.717) is 6.61 Å². The predicted molar refractivity (Wildman–Crippen MR) is 68.7 cm³/mol. The topological polar surface area (TPSA) is 47.3 Å². The Morgan fingerprint density at radius 3 is 2.76 bits per heavy atom. The number of hydrazine groups is 1. The van der Waals surface area contributed by atoms with Gasteiger partial charge in [-0.05, 0) is 36.8 Å². The van der Waals surface area contributed by atoms with Gasteiger partial charge >= 0.3 is 0 Å². The third-order valence-corrected chi connectivity index (χ3v) is 2.17. The number of benzene rings is 1. The van der Waals surface area contributed by atoms with Gasteiger partial charge in [-0.3, -0.25) is 5.84 Å². The molecular weight excluding hydrogens is 219 g/mol. The fourth-order valence-electron chi connectivity index (χ4n) is 1.30. The largest absolute Gasteiger partial charge is 0.490 e. The maximum atomic E-state index is 11.7. The Kier molecular flexibility index (Phi) is 5.82. The summed E-state index contributed by atoms with van der Waals surface area (Å²) in [6.07, 6.45) is 6.65. The second kappa shape index (κ2) is 7.46. The van der Waals surface area contributed by atoms with Crippen LogP contribution in [0.25, 0.3) is 0 Å². The zero-order valence-corrected chi connectivity index (χ0v) is 9.82. The Bertz CT molecular complexity index is 402. The van der Waals surface area contributed by atoms with Crippen LogP contribution in [-0.2, 0) is 0 Å². The number of ether oxygens (including phenoxy) is 1. The van der Waals surface area contributed by atoms with Gasteiger partial charge < -0.3 is 10.2 Å². The number of nitrogens with one attached hydrogen (secondary N) is 1. The quantitative estimate of drug-likeness (QED) is 0.453. The lowest BCUT2D eigenvalue weighted by molar-refractivity contribution is 0.362. The number of rotatable bonds is 6. The molecule has 3 nitrogen and oxygen atoms in total. The molecule has 0 fully saturated rings. The van der Waals surface area contributed by atoms with Crippen molar-refractivity contribution in [3.8, 4) is 5.75 Å². The van der Waals surface area contributed by atoms with Crippen molar-refractivity contribution in [2.24, 2.45) is 5.84 Å². The van der Waals surface area contributed by atoms with Gasteiger partial charge in [-0.25, -0.2) is 4.39 Å². The summed E-state index contributed by atoms with van der Waals surface area (Å²) in [4.78, 5) is 0. The molecule has 17 heavy (non-hydrogen) atoms. The lowest BCUT2D eigenvalue weighted by Crippen LogP contribution is -2.08. The highest BCUT2D eigenvalue weighted by molar-refractivity contribution is 5.52. The number of anilines is 1. The van der Waals surface area contributed by atoms with E-state index < -0.39 is 6.67 Å². The summed E-state index contributed by atoms with van der Waals surface area (Å²) in [6, 6.07) is 5.60. The number of alkyl halides is 1. The molecule has 0 spiro atoms. The Labute approximate surface area is 101 Å². The highest BCUT2D eigenvalue weighted by Gasteiger charge is 1.98. The van der Waals surface area contributed by atoms with Crippen LogP contribution in [-0.4, -0.2) is 13.3 Å². The molecule has 0 aliphatic carbocycles. The molecule has 92 valence electrons. The monoisotopic (exact) mass is 236 g/mol. The number of halogens is 1. The van der Waals surface area contributed by atoms with Gasteiger partial charge in [0.15, 0.2) is 0 Å². The molecule has 0 aromatic heterocycles. The SMILES string of the molecule is Cc1cc(OC/C=C\C=C/CF)ccc1NN. The number of hydrogen-bond donors (Lipinski definition) is 2. The van der Waals surface area contributed by atoms with E-state index >= 15 is 0 Å². The molecule has 0 radical (unpaired) electrons. The number of nitrogen functional groups attached to an aromatic ring is 1. The second-order valence-electron chi connectivity index (χ2n) is 3.44. The van der Waals surface area contributed by atoms with E-state index in [2.05, 4.69) is 5.43 Å². The highest BCUT2D eigenvalue weighted by Crippen LogP contribution is 2.20. The van der Waals surface area contributed by atoms with E-state index in [4.69, 9.17) is 10.6 Å². The fraction of sp³-hybridized carbons (Fsp3) is 0.231. The van der Waals surface area contributed by atoms with Crippen LogP contribution in [0.1, 0.15) is 5.56 Å². The van der Waals surface area contributed by atoms with Crippen molar-refractivity contribution in [1.29, 1.82) is 0 Å². The number of aryl methyl sites for hydroxylation is 1. The maximum Gasteiger partial charge on any atom is 0.120 e. The van der Waals surface area contributed by atoms with E-state index in [1.165, 1.54) is 6.08 Å². The molecule has 0 saturated carbocycles. The van der Waals surface area contributed by atoms with Crippen LogP contribution in [0.5, 0.6) is 5.75 Å². The molecule has 0 heterocycles. The average molecular weight is 236 g/mol. The third-order valence-electron chi connectivity index (χ3n) is 2.17. The minimum atomic E-state index is -0.446. The third kappa shape index (κ3) is 4.70. The normalized spacial score (nSPS) is 11.2. The summed E-state index contributed by atoms with van der Waals surface area (Å²) in [5.41, 5.74) is 4.49. The van der Waals surface area contributed by atoms with Gasteiger partial charge in [0.05, 0.1) is 5.69 Å². The van der Waals surface area contributed by atoms with E-state index in [1.54, 1.807) is 12.2 Å². The van der Waals surface area contributed by atoms with Crippen LogP contribution in [0.4, 0.5) is 10.1 Å². The number of hydrogen-bond acceptors (Lipinski definition) is 3. The molecule has 1 rings (SSSR count). The van der Waals surface area contributed by atoms with Crippen molar-refractivity contribution in [2.75, 3.05) is 18.7 Å². The second-order valence-corrected chi connectivity index (χ2v) is 3.44. The molecule has 0 aliphatic heterocycles. The highest BCUT2D eigenvalue weighted by atomic mass is 19.1. The molecule has 4 heteroatoms. The first-order chi connectivity index (χ1) is 8.27. The molecule has 0 bridgehead atoms. The molecular formula is C13H17FN2O. The van der Waals surface area contributed by atoms with E-state index in [9.17, 15) is 4.39 Å². The molecule has 0 atom stereocenters. The van der Waals surface area contributed by atoms with Gasteiger partial charge in [-0.15, -0.1) is 0 Å². The van der Waals surface area contributed by atoms with Gasteiger partial charge in [0.1, 0.15) is 19.0 Å². The molecule has 0 saturated heterocycles. The Morgan fingerprint density at radius 1 is 1.35 bits per heavy atom. The predicted octanol–water partition coefficient (Wildman–Crippen LogP) is 2.74. The number of nitrogens with two attached hydrogens (primary N) is 1. The standard InChI is InChI=1S/C13H17FN2O/c1-11-10-12(6-7-13(11)16-15)17-9-5-3-2-4-8-14/h2-7,10,16H,8-9,15H2,1H3/b4-2-,5-3-. The molecule has 0 unspecified atom stereocenters. The summed E-state index contributed by atoms with van der Waals surface area (Å²) in [5, 5.41) is 0. The van der Waals surface area contributed by atoms with Crippen molar-refractivity contribution >= 4 is 5.69 Å². The lowest BCUT2D eigenvalue weighted by Gasteiger charge is -2.08. The van der Waals surface area contributed by atoms with Crippen LogP contribution < -0.4 is 16.0 Å². The summed E-state index contributed by atoms with van der Waals surface area (Å²) < 4.78 is 17.2. The molecule has 1 aromatic rings. The first kappa shape index (κ1) is 13.3. The number of allylic oxidation sites excluding steroid dienone is 3. The minimum Gasteiger partial charge on any atom is -0.490 e. The first-order valence-corrected chi connectivity index (χ1v) is 5.35. The van der Waals surface area contributed by atoms with Gasteiger partial charge in [-0.2, -0.15) is 0 Å². The Balaban J connectivity index is 2.44. The Morgan fingerprint density at radius 2 is 2.12 bits per heavy atom. The summed E-state index contributed by atoms with van der Waals surface area (Å²) in [6.45, 7) is 1.95. The summed E-state index contributed by atoms with van der Waals surface area (Å²) in [5.74, 6) is 6.11. The van der Waals surface area contributed by atoms with Crippen LogP contribution in [0, 0.1) is 6.92 Å². The Hall–Kier alpha value is -1.81. The van der Waals surface area contributed by atoms with Crippen LogP contribution in [0.2, 0.25) is 0 Å². The van der Waals surface area contributed by atoms with Crippen molar-refractivity contribution in [3.05, 3.63) is 48.1 Å². The fourth-order valence-corrected chi connectivity index (χ4v) is 1.30. The van der Waals surface area contributed by atoms with E-state index in [0.717, 1.165) is 17.0 Å². The van der Waals surface area contributed by atoms with Gasteiger partial charge in [0.25, 0.3) is 0 Å². The van der Waals surface area contributed by atoms with Crippen molar-refractivity contribution < 1.29 is 9.13 Å². The molecule has 1 aromatic carbocycles. The van der Waals surface area contributed by atoms with Crippen LogP contribution in [0.3, 0.4) is 0 Å². The molecule has 3 N–H and O–H groups in total. The van der Waals surface area contributed by atoms with E-state index in [1.807, 2.05) is 31.2 Å². The minimum absolute atomic E-state index is 0.446. The van der Waals surface area contributed by atoms with E-state index in [-0.39, 0.29) is 0 Å². The van der Waals surface area contributed by atoms with Gasteiger partial charge in [0, 0.05) is 0 Å². The zero-order chi connectivity index (χ0) is 12.5. The maximum absolute atomic E-state index is 11.7. The molecule has 0 aliphatic rings. The smallest absolute Gasteiger partial charge is 0.120 e. The van der Waals surface area contributed by atoms with Crippen LogP contribution >= 0.6 is 0 Å². The van der Waals surface area contributed by atoms with Gasteiger partial charge in [0.2, 0.25) is 0 Å².